The molecule has 2 rings (SSSR count). The van der Waals surface area contributed by atoms with Crippen molar-refractivity contribution < 1.29 is 4.79 Å². The molecule has 0 aliphatic carbocycles. The summed E-state index contributed by atoms with van der Waals surface area (Å²) in [6, 6.07) is 14.0. The van der Waals surface area contributed by atoms with Crippen LogP contribution in [0.15, 0.2) is 46.9 Å². The van der Waals surface area contributed by atoms with E-state index in [-0.39, 0.29) is 5.91 Å². The van der Waals surface area contributed by atoms with E-state index < -0.39 is 0 Å². The van der Waals surface area contributed by atoms with Gasteiger partial charge in [0.25, 0.3) is 5.91 Å². The van der Waals surface area contributed by atoms with Gasteiger partial charge in [0.1, 0.15) is 0 Å². The predicted octanol–water partition coefficient (Wildman–Crippen LogP) is 4.33. The van der Waals surface area contributed by atoms with Crippen LogP contribution >= 0.6 is 38.5 Å². The highest BCUT2D eigenvalue weighted by molar-refractivity contribution is 14.1. The van der Waals surface area contributed by atoms with E-state index in [1.54, 1.807) is 0 Å². The van der Waals surface area contributed by atoms with Gasteiger partial charge in [-0.05, 0) is 81.2 Å². The first-order chi connectivity index (χ1) is 9.58. The summed E-state index contributed by atoms with van der Waals surface area (Å²) in [4.78, 5) is 12.1. The molecule has 0 bridgehead atoms. The van der Waals surface area contributed by atoms with Gasteiger partial charge in [-0.25, -0.2) is 0 Å². The van der Waals surface area contributed by atoms with Crippen molar-refractivity contribution in [1.82, 2.24) is 5.32 Å². The molecule has 0 aliphatic rings. The average Bonchev–Trinajstić information content (AvgIpc) is 2.43. The molecule has 2 aromatic carbocycles. The fraction of sp³-hybridized carbons (Fsp3) is 0.188. The van der Waals surface area contributed by atoms with Gasteiger partial charge < -0.3 is 5.32 Å². The van der Waals surface area contributed by atoms with Crippen molar-refractivity contribution in [1.29, 1.82) is 0 Å². The van der Waals surface area contributed by atoms with E-state index in [0.29, 0.717) is 12.1 Å². The zero-order valence-corrected chi connectivity index (χ0v) is 14.9. The van der Waals surface area contributed by atoms with Crippen LogP contribution in [-0.4, -0.2) is 12.5 Å². The second kappa shape index (κ2) is 7.22. The average molecular weight is 444 g/mol. The zero-order chi connectivity index (χ0) is 14.5. The number of carbonyl (C=O) groups is 1. The van der Waals surface area contributed by atoms with Gasteiger partial charge in [-0.15, -0.1) is 0 Å². The van der Waals surface area contributed by atoms with E-state index in [2.05, 4.69) is 62.9 Å². The van der Waals surface area contributed by atoms with Crippen LogP contribution in [0.1, 0.15) is 21.5 Å². The van der Waals surface area contributed by atoms with Crippen molar-refractivity contribution >= 4 is 44.4 Å². The lowest BCUT2D eigenvalue weighted by atomic mass is 10.1. The number of rotatable bonds is 4. The third-order valence-electron chi connectivity index (χ3n) is 3.11. The standard InChI is InChI=1S/C16H15BrINO/c1-11-4-2-3-5-12(11)8-9-19-16(20)14-10-13(18)6-7-15(14)17/h2-7,10H,8-9H2,1H3,(H,19,20). The van der Waals surface area contributed by atoms with Crippen molar-refractivity contribution in [2.24, 2.45) is 0 Å². The minimum atomic E-state index is -0.0380. The summed E-state index contributed by atoms with van der Waals surface area (Å²) in [6.07, 6.45) is 0.847. The molecule has 0 heterocycles. The van der Waals surface area contributed by atoms with Gasteiger partial charge in [0.15, 0.2) is 0 Å². The van der Waals surface area contributed by atoms with Gasteiger partial charge in [0.2, 0.25) is 0 Å². The number of hydrogen-bond acceptors (Lipinski definition) is 1. The molecule has 0 radical (unpaired) electrons. The number of halogens is 2. The monoisotopic (exact) mass is 443 g/mol. The minimum absolute atomic E-state index is 0.0380. The van der Waals surface area contributed by atoms with E-state index >= 15 is 0 Å². The Labute approximate surface area is 141 Å². The zero-order valence-electron chi connectivity index (χ0n) is 11.1. The van der Waals surface area contributed by atoms with E-state index in [0.717, 1.165) is 14.5 Å². The summed E-state index contributed by atoms with van der Waals surface area (Å²) in [5.74, 6) is -0.0380. The highest BCUT2D eigenvalue weighted by atomic mass is 127. The van der Waals surface area contributed by atoms with Crippen LogP contribution in [0.2, 0.25) is 0 Å². The lowest BCUT2D eigenvalue weighted by molar-refractivity contribution is 0.0953. The fourth-order valence-electron chi connectivity index (χ4n) is 1.97. The van der Waals surface area contributed by atoms with Crippen molar-refractivity contribution in [3.63, 3.8) is 0 Å². The molecule has 0 spiro atoms. The van der Waals surface area contributed by atoms with Crippen LogP contribution in [0.25, 0.3) is 0 Å². The summed E-state index contributed by atoms with van der Waals surface area (Å²) >= 11 is 5.62. The summed E-state index contributed by atoms with van der Waals surface area (Å²) in [7, 11) is 0. The quantitative estimate of drug-likeness (QED) is 0.700. The first kappa shape index (κ1) is 15.5. The Morgan fingerprint density at radius 3 is 2.75 bits per heavy atom. The molecule has 0 unspecified atom stereocenters. The number of benzene rings is 2. The molecular weight excluding hydrogens is 429 g/mol. The van der Waals surface area contributed by atoms with E-state index in [1.807, 2.05) is 30.3 Å². The Balaban J connectivity index is 1.96. The van der Waals surface area contributed by atoms with E-state index in [9.17, 15) is 4.79 Å². The molecule has 2 nitrogen and oxygen atoms in total. The SMILES string of the molecule is Cc1ccccc1CCNC(=O)c1cc(I)ccc1Br. The summed E-state index contributed by atoms with van der Waals surface area (Å²) in [5.41, 5.74) is 3.22. The van der Waals surface area contributed by atoms with Crippen LogP contribution in [0.4, 0.5) is 0 Å². The molecule has 0 fully saturated rings. The number of nitrogens with one attached hydrogen (secondary N) is 1. The number of carbonyl (C=O) groups excluding carboxylic acids is 1. The highest BCUT2D eigenvalue weighted by Gasteiger charge is 2.10. The Hall–Kier alpha value is -0.880. The molecule has 2 aromatic rings. The van der Waals surface area contributed by atoms with Gasteiger partial charge in [0.05, 0.1) is 5.56 Å². The predicted molar refractivity (Wildman–Crippen MR) is 94.1 cm³/mol. The summed E-state index contributed by atoms with van der Waals surface area (Å²) in [5, 5.41) is 2.97. The van der Waals surface area contributed by atoms with Gasteiger partial charge >= 0.3 is 0 Å². The Kier molecular flexibility index (Phi) is 5.60. The highest BCUT2D eigenvalue weighted by Crippen LogP contribution is 2.19. The van der Waals surface area contributed by atoms with Crippen molar-refractivity contribution in [2.45, 2.75) is 13.3 Å². The third-order valence-corrected chi connectivity index (χ3v) is 4.48. The molecule has 4 heteroatoms. The minimum Gasteiger partial charge on any atom is -0.352 e. The van der Waals surface area contributed by atoms with Crippen LogP contribution in [0.3, 0.4) is 0 Å². The third kappa shape index (κ3) is 4.06. The van der Waals surface area contributed by atoms with E-state index in [4.69, 9.17) is 0 Å². The van der Waals surface area contributed by atoms with E-state index in [1.165, 1.54) is 11.1 Å². The number of hydrogen-bond donors (Lipinski definition) is 1. The molecule has 20 heavy (non-hydrogen) atoms. The van der Waals surface area contributed by atoms with Gasteiger partial charge in [-0.2, -0.15) is 0 Å². The lowest BCUT2D eigenvalue weighted by Gasteiger charge is -2.09. The lowest BCUT2D eigenvalue weighted by Crippen LogP contribution is -2.26. The maximum atomic E-state index is 12.1. The molecule has 1 amide bonds. The molecule has 0 aromatic heterocycles. The van der Waals surface area contributed by atoms with Gasteiger partial charge in [0, 0.05) is 14.6 Å². The maximum absolute atomic E-state index is 12.1. The maximum Gasteiger partial charge on any atom is 0.252 e. The first-order valence-corrected chi connectivity index (χ1v) is 8.23. The molecule has 0 aliphatic heterocycles. The molecule has 0 saturated carbocycles. The van der Waals surface area contributed by atoms with Crippen molar-refractivity contribution in [2.75, 3.05) is 6.54 Å². The Bertz CT molecular complexity index is 628. The fourth-order valence-corrected chi connectivity index (χ4v) is 2.89. The molecule has 0 saturated heterocycles. The van der Waals surface area contributed by atoms with Gasteiger partial charge in [-0.1, -0.05) is 24.3 Å². The second-order valence-corrected chi connectivity index (χ2v) is 6.66. The first-order valence-electron chi connectivity index (χ1n) is 6.35. The van der Waals surface area contributed by atoms with Crippen molar-refractivity contribution in [3.8, 4) is 0 Å². The molecule has 1 N–H and O–H groups in total. The normalized spacial score (nSPS) is 10.3. The molecular formula is C16H15BrINO. The summed E-state index contributed by atoms with van der Waals surface area (Å²) in [6.45, 7) is 2.73. The van der Waals surface area contributed by atoms with Crippen LogP contribution < -0.4 is 5.32 Å². The largest absolute Gasteiger partial charge is 0.352 e. The van der Waals surface area contributed by atoms with Crippen LogP contribution in [0.5, 0.6) is 0 Å². The van der Waals surface area contributed by atoms with Crippen LogP contribution in [0, 0.1) is 10.5 Å². The Morgan fingerprint density at radius 1 is 1.25 bits per heavy atom. The smallest absolute Gasteiger partial charge is 0.252 e. The molecule has 104 valence electrons. The number of amides is 1. The Morgan fingerprint density at radius 2 is 2.00 bits per heavy atom. The topological polar surface area (TPSA) is 29.1 Å². The molecule has 0 atom stereocenters. The summed E-state index contributed by atoms with van der Waals surface area (Å²) < 4.78 is 1.88. The number of aryl methyl sites for hydroxylation is 1. The second-order valence-electron chi connectivity index (χ2n) is 4.56. The van der Waals surface area contributed by atoms with Gasteiger partial charge in [-0.3, -0.25) is 4.79 Å². The van der Waals surface area contributed by atoms with Crippen molar-refractivity contribution in [3.05, 3.63) is 67.2 Å². The van der Waals surface area contributed by atoms with Crippen LogP contribution in [-0.2, 0) is 6.42 Å².